The van der Waals surface area contributed by atoms with Crippen LogP contribution in [0, 0.1) is 0 Å². The Morgan fingerprint density at radius 2 is 1.62 bits per heavy atom. The van der Waals surface area contributed by atoms with Crippen LogP contribution in [-0.2, 0) is 16.4 Å². The fraction of sp³-hybridized carbons (Fsp3) is 0.269. The van der Waals surface area contributed by atoms with Gasteiger partial charge in [0.1, 0.15) is 5.75 Å². The number of anilines is 3. The average molecular weight is 478 g/mol. The summed E-state index contributed by atoms with van der Waals surface area (Å²) in [6, 6.07) is 19.6. The summed E-state index contributed by atoms with van der Waals surface area (Å²) < 4.78 is 33.8. The summed E-state index contributed by atoms with van der Waals surface area (Å²) >= 11 is 0. The van der Waals surface area contributed by atoms with Crippen molar-refractivity contribution in [3.8, 4) is 5.75 Å². The summed E-state index contributed by atoms with van der Waals surface area (Å²) in [5, 5.41) is 2.97. The molecule has 176 valence electrons. The highest BCUT2D eigenvalue weighted by Gasteiger charge is 2.31. The zero-order valence-electron chi connectivity index (χ0n) is 19.0. The van der Waals surface area contributed by atoms with E-state index in [4.69, 9.17) is 4.74 Å². The van der Waals surface area contributed by atoms with Gasteiger partial charge in [0.2, 0.25) is 0 Å². The van der Waals surface area contributed by atoms with Gasteiger partial charge in [0.25, 0.3) is 15.9 Å². The number of nitrogens with one attached hydrogen (secondary N) is 1. The molecule has 1 N–H and O–H groups in total. The zero-order chi connectivity index (χ0) is 23.7. The first kappa shape index (κ1) is 22.3. The van der Waals surface area contributed by atoms with Gasteiger partial charge in [-0.3, -0.25) is 9.10 Å². The lowest BCUT2D eigenvalue weighted by molar-refractivity contribution is 0.102. The minimum Gasteiger partial charge on any atom is -0.496 e. The van der Waals surface area contributed by atoms with Crippen LogP contribution in [0.15, 0.2) is 71.6 Å². The van der Waals surface area contributed by atoms with Crippen LogP contribution in [0.4, 0.5) is 17.1 Å². The average Bonchev–Trinajstić information content (AvgIpc) is 3.54. The molecule has 5 rings (SSSR count). The third kappa shape index (κ3) is 3.98. The van der Waals surface area contributed by atoms with E-state index < -0.39 is 15.9 Å². The van der Waals surface area contributed by atoms with Gasteiger partial charge < -0.3 is 15.0 Å². The molecule has 1 fully saturated rings. The molecule has 0 unspecified atom stereocenters. The summed E-state index contributed by atoms with van der Waals surface area (Å²) in [4.78, 5) is 15.6. The van der Waals surface area contributed by atoms with Crippen LogP contribution >= 0.6 is 0 Å². The van der Waals surface area contributed by atoms with Crippen molar-refractivity contribution in [2.24, 2.45) is 0 Å². The van der Waals surface area contributed by atoms with Crippen molar-refractivity contribution in [2.45, 2.75) is 24.2 Å². The number of sulfonamides is 1. The second kappa shape index (κ2) is 9.02. The molecular formula is C26H27N3O4S. The third-order valence-electron chi connectivity index (χ3n) is 6.45. The highest BCUT2D eigenvalue weighted by molar-refractivity contribution is 7.92. The Labute approximate surface area is 200 Å². The van der Waals surface area contributed by atoms with Gasteiger partial charge in [-0.1, -0.05) is 30.3 Å². The molecule has 2 heterocycles. The van der Waals surface area contributed by atoms with Crippen LogP contribution in [0.1, 0.15) is 28.8 Å². The van der Waals surface area contributed by atoms with E-state index in [0.717, 1.165) is 37.2 Å². The van der Waals surface area contributed by atoms with Crippen LogP contribution in [0.25, 0.3) is 0 Å². The highest BCUT2D eigenvalue weighted by atomic mass is 32.2. The number of carbonyl (C=O) groups is 1. The van der Waals surface area contributed by atoms with Crippen molar-refractivity contribution in [2.75, 3.05) is 41.3 Å². The molecule has 0 aromatic heterocycles. The number of methoxy groups -OCH3 is 1. The van der Waals surface area contributed by atoms with E-state index in [-0.39, 0.29) is 10.5 Å². The van der Waals surface area contributed by atoms with Crippen LogP contribution in [0.2, 0.25) is 0 Å². The largest absolute Gasteiger partial charge is 0.496 e. The molecule has 3 aromatic rings. The van der Waals surface area contributed by atoms with E-state index in [2.05, 4.69) is 10.2 Å². The lowest BCUT2D eigenvalue weighted by atomic mass is 10.1. The van der Waals surface area contributed by atoms with E-state index in [0.29, 0.717) is 30.1 Å². The Morgan fingerprint density at radius 1 is 0.912 bits per heavy atom. The van der Waals surface area contributed by atoms with Crippen LogP contribution in [0.5, 0.6) is 5.75 Å². The molecule has 0 aliphatic carbocycles. The molecule has 34 heavy (non-hydrogen) atoms. The lowest BCUT2D eigenvalue weighted by Crippen LogP contribution is -2.29. The Bertz CT molecular complexity index is 1330. The molecule has 1 saturated heterocycles. The molecule has 0 radical (unpaired) electrons. The van der Waals surface area contributed by atoms with E-state index >= 15 is 0 Å². The van der Waals surface area contributed by atoms with Gasteiger partial charge in [0, 0.05) is 19.6 Å². The lowest BCUT2D eigenvalue weighted by Gasteiger charge is -2.22. The molecule has 2 aliphatic heterocycles. The molecule has 0 saturated carbocycles. The first-order valence-electron chi connectivity index (χ1n) is 11.4. The van der Waals surface area contributed by atoms with Crippen molar-refractivity contribution in [3.05, 3.63) is 77.9 Å². The second-order valence-corrected chi connectivity index (χ2v) is 10.3. The predicted octanol–water partition coefficient (Wildman–Crippen LogP) is 4.30. The predicted molar refractivity (Wildman–Crippen MR) is 134 cm³/mol. The number of hydrogen-bond acceptors (Lipinski definition) is 5. The number of carbonyl (C=O) groups excluding carboxylic acids is 1. The van der Waals surface area contributed by atoms with Gasteiger partial charge in [-0.15, -0.1) is 0 Å². The number of fused-ring (bicyclic) bond motifs is 1. The number of benzene rings is 3. The van der Waals surface area contributed by atoms with Crippen LogP contribution in [-0.4, -0.2) is 41.1 Å². The topological polar surface area (TPSA) is 79.0 Å². The van der Waals surface area contributed by atoms with Crippen molar-refractivity contribution in [3.63, 3.8) is 0 Å². The third-order valence-corrected chi connectivity index (χ3v) is 8.26. The molecule has 8 heteroatoms. The van der Waals surface area contributed by atoms with E-state index in [1.807, 2.05) is 48.5 Å². The van der Waals surface area contributed by atoms with Crippen molar-refractivity contribution in [1.82, 2.24) is 0 Å². The maximum atomic E-state index is 13.5. The van der Waals surface area contributed by atoms with E-state index in [1.54, 1.807) is 0 Å². The summed E-state index contributed by atoms with van der Waals surface area (Å²) in [5.74, 6) is -0.0979. The Hall–Kier alpha value is -3.52. The van der Waals surface area contributed by atoms with Gasteiger partial charge in [0.05, 0.1) is 34.6 Å². The number of ether oxygens (including phenoxy) is 1. The quantitative estimate of drug-likeness (QED) is 0.573. The second-order valence-electron chi connectivity index (χ2n) is 8.48. The molecule has 3 aromatic carbocycles. The standard InChI is InChI=1S/C26H27N3O4S/c1-33-25-13-12-20(34(31,32)29-17-14-19-8-2-4-10-23(19)29)18-21(25)26(30)27-22-9-3-5-11-24(22)28-15-6-7-16-28/h2-5,8-13,18H,6-7,14-17H2,1H3,(H,27,30). The first-order chi connectivity index (χ1) is 16.5. The summed E-state index contributed by atoms with van der Waals surface area (Å²) in [6.45, 7) is 2.26. The summed E-state index contributed by atoms with van der Waals surface area (Å²) in [6.07, 6.45) is 2.90. The first-order valence-corrected chi connectivity index (χ1v) is 12.9. The summed E-state index contributed by atoms with van der Waals surface area (Å²) in [5.41, 5.74) is 3.51. The smallest absolute Gasteiger partial charge is 0.264 e. The maximum Gasteiger partial charge on any atom is 0.264 e. The number of rotatable bonds is 6. The van der Waals surface area contributed by atoms with Gasteiger partial charge in [-0.2, -0.15) is 0 Å². The minimum absolute atomic E-state index is 0.0583. The SMILES string of the molecule is COc1ccc(S(=O)(=O)N2CCc3ccccc32)cc1C(=O)Nc1ccccc1N1CCCC1. The van der Waals surface area contributed by atoms with Crippen molar-refractivity contribution in [1.29, 1.82) is 0 Å². The highest BCUT2D eigenvalue weighted by Crippen LogP contribution is 2.35. The fourth-order valence-corrected chi connectivity index (χ4v) is 6.24. The van der Waals surface area contributed by atoms with Gasteiger partial charge in [-0.05, 0) is 61.2 Å². The van der Waals surface area contributed by atoms with Crippen molar-refractivity contribution >= 4 is 33.0 Å². The molecule has 0 bridgehead atoms. The van der Waals surface area contributed by atoms with Gasteiger partial charge in [-0.25, -0.2) is 8.42 Å². The molecule has 1 amide bonds. The molecule has 0 spiro atoms. The monoisotopic (exact) mass is 477 g/mol. The minimum atomic E-state index is -3.84. The Kier molecular flexibility index (Phi) is 5.91. The number of amides is 1. The van der Waals surface area contributed by atoms with E-state index in [1.165, 1.54) is 29.6 Å². The number of para-hydroxylation sites is 3. The molecular weight excluding hydrogens is 450 g/mol. The van der Waals surface area contributed by atoms with Crippen LogP contribution < -0.4 is 19.3 Å². The molecule has 7 nitrogen and oxygen atoms in total. The van der Waals surface area contributed by atoms with Crippen LogP contribution in [0.3, 0.4) is 0 Å². The molecule has 0 atom stereocenters. The summed E-state index contributed by atoms with van der Waals surface area (Å²) in [7, 11) is -2.37. The normalized spacial score (nSPS) is 15.3. The number of nitrogens with zero attached hydrogens (tertiary/aromatic N) is 2. The number of hydrogen-bond donors (Lipinski definition) is 1. The van der Waals surface area contributed by atoms with E-state index in [9.17, 15) is 13.2 Å². The maximum absolute atomic E-state index is 13.5. The van der Waals surface area contributed by atoms with Crippen molar-refractivity contribution < 1.29 is 17.9 Å². The van der Waals surface area contributed by atoms with Gasteiger partial charge in [0.15, 0.2) is 0 Å². The Balaban J connectivity index is 1.47. The Morgan fingerprint density at radius 3 is 2.38 bits per heavy atom. The fourth-order valence-electron chi connectivity index (χ4n) is 4.71. The van der Waals surface area contributed by atoms with Gasteiger partial charge >= 0.3 is 0 Å². The zero-order valence-corrected chi connectivity index (χ0v) is 19.8. The molecule has 2 aliphatic rings.